The first-order valence-corrected chi connectivity index (χ1v) is 10.2. The van der Waals surface area contributed by atoms with E-state index in [2.05, 4.69) is 10.6 Å². The summed E-state index contributed by atoms with van der Waals surface area (Å²) < 4.78 is 0. The van der Waals surface area contributed by atoms with Crippen LogP contribution in [0.4, 0.5) is 0 Å². The SMILES string of the molecule is NCCNC(=O)CCN(CCC[Si](O)(O)O)CCC(=O)NCCN.[Fe].[Fe].[Fe]. The Morgan fingerprint density at radius 1 is 0.815 bits per heavy atom. The van der Waals surface area contributed by atoms with Crippen LogP contribution >= 0.6 is 0 Å². The van der Waals surface area contributed by atoms with Crippen molar-refractivity contribution < 1.29 is 75.2 Å². The summed E-state index contributed by atoms with van der Waals surface area (Å²) in [6, 6.07) is -0.0811. The average molecular weight is 533 g/mol. The van der Waals surface area contributed by atoms with E-state index in [1.165, 1.54) is 0 Å². The standard InChI is InChI=1S/C13H31N5O5Si.3Fe/c14-4-6-16-12(19)2-9-18(8-1-11-24(21,22)23)10-3-13(20)17-7-5-15;;;/h21-23H,1-11,14-15H2,(H,16,19)(H,17,20);;;. The zero-order chi connectivity index (χ0) is 18.4. The van der Waals surface area contributed by atoms with Gasteiger partial charge >= 0.3 is 8.80 Å². The fourth-order valence-corrected chi connectivity index (χ4v) is 2.63. The molecule has 0 rings (SSSR count). The zero-order valence-electron chi connectivity index (χ0n) is 15.1. The van der Waals surface area contributed by atoms with Gasteiger partial charge in [0, 0.05) is 109 Å². The number of amides is 2. The predicted molar refractivity (Wildman–Crippen MR) is 91.6 cm³/mol. The van der Waals surface area contributed by atoms with Gasteiger partial charge in [0.2, 0.25) is 11.8 Å². The third-order valence-corrected chi connectivity index (χ3v) is 4.25. The molecule has 0 fully saturated rings. The Balaban J connectivity index is -0.000000882. The van der Waals surface area contributed by atoms with Crippen molar-refractivity contribution in [2.45, 2.75) is 25.3 Å². The van der Waals surface area contributed by atoms with E-state index in [0.29, 0.717) is 52.2 Å². The first kappa shape index (κ1) is 34.9. The maximum Gasteiger partial charge on any atom is 0.492 e. The quantitative estimate of drug-likeness (QED) is 0.113. The molecule has 0 aromatic rings. The number of carbonyl (C=O) groups is 2. The van der Waals surface area contributed by atoms with Crippen molar-refractivity contribution in [2.75, 3.05) is 45.8 Å². The van der Waals surface area contributed by atoms with Gasteiger partial charge in [-0.05, 0) is 13.0 Å². The molecule has 0 spiro atoms. The number of nitrogens with zero attached hydrogens (tertiary/aromatic N) is 1. The fourth-order valence-electron chi connectivity index (χ4n) is 1.99. The first-order valence-electron chi connectivity index (χ1n) is 8.11. The van der Waals surface area contributed by atoms with Crippen LogP contribution in [0.5, 0.6) is 0 Å². The zero-order valence-corrected chi connectivity index (χ0v) is 19.4. The Labute approximate surface area is 193 Å². The summed E-state index contributed by atoms with van der Waals surface area (Å²) in [4.78, 5) is 52.2. The Hall–Kier alpha value is 0.475. The van der Waals surface area contributed by atoms with Crippen LogP contribution in [0.15, 0.2) is 0 Å². The number of hydrogen-bond acceptors (Lipinski definition) is 8. The summed E-state index contributed by atoms with van der Waals surface area (Å²) in [5.41, 5.74) is 10.6. The molecular weight excluding hydrogens is 502 g/mol. The van der Waals surface area contributed by atoms with Crippen molar-refractivity contribution >= 4 is 20.6 Å². The van der Waals surface area contributed by atoms with Crippen LogP contribution < -0.4 is 22.1 Å². The van der Waals surface area contributed by atoms with Gasteiger partial charge in [-0.15, -0.1) is 0 Å². The summed E-state index contributed by atoms with van der Waals surface area (Å²) in [7, 11) is -4.06. The Kier molecular flexibility index (Phi) is 27.4. The summed E-state index contributed by atoms with van der Waals surface area (Å²) in [6.07, 6.45) is 0.874. The molecule has 0 aliphatic rings. The van der Waals surface area contributed by atoms with Crippen molar-refractivity contribution in [3.63, 3.8) is 0 Å². The maximum atomic E-state index is 11.6. The van der Waals surface area contributed by atoms with Gasteiger partial charge in [0.1, 0.15) is 0 Å². The maximum absolute atomic E-state index is 11.6. The van der Waals surface area contributed by atoms with E-state index in [9.17, 15) is 9.59 Å². The molecule has 10 nitrogen and oxygen atoms in total. The molecule has 0 saturated carbocycles. The van der Waals surface area contributed by atoms with Gasteiger partial charge in [0.15, 0.2) is 0 Å². The van der Waals surface area contributed by atoms with Crippen LogP contribution in [-0.2, 0) is 60.8 Å². The number of nitrogens with two attached hydrogens (primary N) is 2. The third kappa shape index (κ3) is 24.4. The molecule has 0 aliphatic carbocycles. The van der Waals surface area contributed by atoms with Gasteiger partial charge in [-0.1, -0.05) is 0 Å². The predicted octanol–water partition coefficient (Wildman–Crippen LogP) is -3.48. The molecule has 0 aromatic carbocycles. The van der Waals surface area contributed by atoms with Crippen LogP contribution in [-0.4, -0.2) is 85.7 Å². The molecule has 0 atom stereocenters. The van der Waals surface area contributed by atoms with Crippen LogP contribution in [0.1, 0.15) is 19.3 Å². The number of rotatable bonds is 14. The fraction of sp³-hybridized carbons (Fsp3) is 0.846. The smallest absolute Gasteiger partial charge is 0.390 e. The molecule has 9 N–H and O–H groups in total. The minimum atomic E-state index is -4.06. The van der Waals surface area contributed by atoms with Gasteiger partial charge in [0.05, 0.1) is 0 Å². The summed E-state index contributed by atoms with van der Waals surface area (Å²) in [5, 5.41) is 5.33. The average Bonchev–Trinajstić information content (AvgIpc) is 2.51. The Bertz CT molecular complexity index is 357. The van der Waals surface area contributed by atoms with E-state index in [-0.39, 0.29) is 81.9 Å². The van der Waals surface area contributed by atoms with Gasteiger partial charge in [0.25, 0.3) is 0 Å². The van der Waals surface area contributed by atoms with Crippen molar-refractivity contribution in [3.05, 3.63) is 0 Å². The van der Waals surface area contributed by atoms with E-state index in [1.54, 1.807) is 0 Å². The molecule has 0 radical (unpaired) electrons. The minimum Gasteiger partial charge on any atom is -0.390 e. The number of carbonyl (C=O) groups excluding carboxylic acids is 2. The summed E-state index contributed by atoms with van der Waals surface area (Å²) >= 11 is 0. The Morgan fingerprint density at radius 3 is 1.56 bits per heavy atom. The molecule has 27 heavy (non-hydrogen) atoms. The molecule has 166 valence electrons. The van der Waals surface area contributed by atoms with E-state index >= 15 is 0 Å². The van der Waals surface area contributed by atoms with Crippen molar-refractivity contribution in [1.82, 2.24) is 15.5 Å². The largest absolute Gasteiger partial charge is 0.492 e. The van der Waals surface area contributed by atoms with Gasteiger partial charge in [-0.2, -0.15) is 0 Å². The molecule has 0 bridgehead atoms. The van der Waals surface area contributed by atoms with Crippen molar-refractivity contribution in [2.24, 2.45) is 11.5 Å². The monoisotopic (exact) mass is 533 g/mol. The molecule has 0 saturated heterocycles. The van der Waals surface area contributed by atoms with Crippen molar-refractivity contribution in [3.8, 4) is 0 Å². The third-order valence-electron chi connectivity index (χ3n) is 3.23. The molecule has 0 aromatic heterocycles. The second kappa shape index (κ2) is 21.2. The molecule has 0 aliphatic heterocycles. The van der Waals surface area contributed by atoms with Crippen LogP contribution in [0, 0.1) is 0 Å². The van der Waals surface area contributed by atoms with Crippen LogP contribution in [0.3, 0.4) is 0 Å². The topological polar surface area (TPSA) is 174 Å². The molecule has 14 heteroatoms. The van der Waals surface area contributed by atoms with E-state index < -0.39 is 8.80 Å². The first-order chi connectivity index (χ1) is 11.3. The summed E-state index contributed by atoms with van der Waals surface area (Å²) in [5.74, 6) is -0.263. The molecule has 0 unspecified atom stereocenters. The van der Waals surface area contributed by atoms with Crippen LogP contribution in [0.25, 0.3) is 0 Å². The molecular formula is C13H31Fe3N5O5Si. The second-order valence-electron chi connectivity index (χ2n) is 5.50. The van der Waals surface area contributed by atoms with Gasteiger partial charge in [-0.25, -0.2) is 0 Å². The number of nitrogens with one attached hydrogen (secondary N) is 2. The molecule has 0 heterocycles. The molecule has 2 amide bonds. The van der Waals surface area contributed by atoms with E-state index in [0.717, 1.165) is 0 Å². The second-order valence-corrected chi connectivity index (χ2v) is 7.55. The van der Waals surface area contributed by atoms with Gasteiger partial charge < -0.3 is 41.4 Å². The van der Waals surface area contributed by atoms with Crippen molar-refractivity contribution in [1.29, 1.82) is 0 Å². The van der Waals surface area contributed by atoms with Crippen LogP contribution in [0.2, 0.25) is 6.04 Å². The van der Waals surface area contributed by atoms with Gasteiger partial charge in [-0.3, -0.25) is 9.59 Å². The minimum absolute atomic E-state index is 0. The van der Waals surface area contributed by atoms with E-state index in [1.807, 2.05) is 4.90 Å². The Morgan fingerprint density at radius 2 is 1.22 bits per heavy atom. The van der Waals surface area contributed by atoms with E-state index in [4.69, 9.17) is 25.9 Å². The summed E-state index contributed by atoms with van der Waals surface area (Å²) in [6.45, 7) is 2.86. The number of hydrogen-bond donors (Lipinski definition) is 7. The normalized spacial score (nSPS) is 10.3.